The van der Waals surface area contributed by atoms with E-state index in [1.807, 2.05) is 24.3 Å². The molecule has 1 aromatic rings. The predicted octanol–water partition coefficient (Wildman–Crippen LogP) is 3.50. The number of hydrogen-bond acceptors (Lipinski definition) is 2. The van der Waals surface area contributed by atoms with Gasteiger partial charge in [-0.25, -0.2) is 4.39 Å². The zero-order valence-electron chi connectivity index (χ0n) is 10.7. The molecule has 0 saturated heterocycles. The fourth-order valence-corrected chi connectivity index (χ4v) is 2.74. The first-order valence-corrected chi connectivity index (χ1v) is 7.15. The van der Waals surface area contributed by atoms with Gasteiger partial charge < -0.3 is 9.84 Å². The average molecular weight is 327 g/mol. The van der Waals surface area contributed by atoms with Crippen molar-refractivity contribution in [3.63, 3.8) is 0 Å². The normalized spacial score (nSPS) is 22.7. The Balaban J connectivity index is 2.45. The highest BCUT2D eigenvalue weighted by atomic mass is 79.9. The van der Waals surface area contributed by atoms with Gasteiger partial charge in [0.25, 0.3) is 0 Å². The topological polar surface area (TPSA) is 29.5 Å². The van der Waals surface area contributed by atoms with Gasteiger partial charge in [-0.2, -0.15) is 0 Å². The van der Waals surface area contributed by atoms with Crippen molar-refractivity contribution in [2.45, 2.75) is 12.1 Å². The molecule has 1 N–H and O–H groups in total. The molecule has 102 valence electrons. The van der Waals surface area contributed by atoms with Crippen molar-refractivity contribution >= 4 is 21.5 Å². The second-order valence-electron chi connectivity index (χ2n) is 4.57. The zero-order valence-corrected chi connectivity index (χ0v) is 12.3. The van der Waals surface area contributed by atoms with E-state index >= 15 is 4.39 Å². The molecule has 1 aliphatic rings. The number of benzene rings is 1. The van der Waals surface area contributed by atoms with Crippen LogP contribution in [-0.4, -0.2) is 29.8 Å². The highest BCUT2D eigenvalue weighted by Gasteiger charge is 2.36. The van der Waals surface area contributed by atoms with E-state index in [2.05, 4.69) is 15.9 Å². The summed E-state index contributed by atoms with van der Waals surface area (Å²) in [4.78, 5) is 0. The van der Waals surface area contributed by atoms with Gasteiger partial charge in [0.15, 0.2) is 0 Å². The molecule has 0 radical (unpaired) electrons. The molecule has 0 saturated carbocycles. The number of alkyl halides is 2. The van der Waals surface area contributed by atoms with Crippen LogP contribution in [0.15, 0.2) is 42.0 Å². The summed E-state index contributed by atoms with van der Waals surface area (Å²) in [6.45, 7) is -0.111. The molecule has 1 aromatic carbocycles. The Morgan fingerprint density at radius 1 is 1.42 bits per heavy atom. The van der Waals surface area contributed by atoms with E-state index in [0.717, 1.165) is 5.56 Å². The van der Waals surface area contributed by atoms with Crippen LogP contribution in [0.2, 0.25) is 0 Å². The SMILES string of the molecule is COc1cccc(C2=CC=C(CO)CC2(F)CBr)c1. The Kier molecular flexibility index (Phi) is 4.42. The summed E-state index contributed by atoms with van der Waals surface area (Å²) >= 11 is 3.24. The fourth-order valence-electron chi connectivity index (χ4n) is 2.24. The number of aliphatic hydroxyl groups is 1. The lowest BCUT2D eigenvalue weighted by atomic mass is 9.82. The number of aliphatic hydroxyl groups excluding tert-OH is 1. The van der Waals surface area contributed by atoms with Crippen LogP contribution in [0, 0.1) is 0 Å². The number of rotatable bonds is 4. The fraction of sp³-hybridized carbons (Fsp3) is 0.333. The van der Waals surface area contributed by atoms with Crippen molar-refractivity contribution in [2.24, 2.45) is 0 Å². The highest BCUT2D eigenvalue weighted by molar-refractivity contribution is 9.09. The Morgan fingerprint density at radius 2 is 2.21 bits per heavy atom. The molecular weight excluding hydrogens is 311 g/mol. The molecule has 0 heterocycles. The minimum absolute atomic E-state index is 0.111. The first kappa shape index (κ1) is 14.3. The summed E-state index contributed by atoms with van der Waals surface area (Å²) in [5.41, 5.74) is 0.614. The molecule has 0 amide bonds. The van der Waals surface area contributed by atoms with Crippen LogP contribution in [0.3, 0.4) is 0 Å². The van der Waals surface area contributed by atoms with Crippen LogP contribution in [0.4, 0.5) is 4.39 Å². The van der Waals surface area contributed by atoms with Gasteiger partial charge in [0.05, 0.1) is 13.7 Å². The monoisotopic (exact) mass is 326 g/mol. The van der Waals surface area contributed by atoms with Crippen molar-refractivity contribution in [3.05, 3.63) is 47.6 Å². The lowest BCUT2D eigenvalue weighted by molar-refractivity contribution is 0.254. The minimum atomic E-state index is -1.50. The van der Waals surface area contributed by atoms with Gasteiger partial charge in [-0.1, -0.05) is 40.2 Å². The van der Waals surface area contributed by atoms with Gasteiger partial charge in [0, 0.05) is 11.8 Å². The van der Waals surface area contributed by atoms with E-state index in [0.29, 0.717) is 16.9 Å². The second kappa shape index (κ2) is 5.88. The van der Waals surface area contributed by atoms with Gasteiger partial charge in [-0.15, -0.1) is 0 Å². The van der Waals surface area contributed by atoms with E-state index in [9.17, 15) is 0 Å². The Labute approximate surface area is 120 Å². The molecule has 1 aliphatic carbocycles. The first-order valence-electron chi connectivity index (χ1n) is 6.03. The van der Waals surface area contributed by atoms with Gasteiger partial charge in [0.1, 0.15) is 11.4 Å². The molecule has 2 rings (SSSR count). The van der Waals surface area contributed by atoms with E-state index in [1.165, 1.54) is 0 Å². The summed E-state index contributed by atoms with van der Waals surface area (Å²) in [5, 5.41) is 9.35. The van der Waals surface area contributed by atoms with E-state index in [1.54, 1.807) is 19.3 Å². The maximum atomic E-state index is 15.0. The van der Waals surface area contributed by atoms with Crippen molar-refractivity contribution in [1.82, 2.24) is 0 Å². The second-order valence-corrected chi connectivity index (χ2v) is 5.13. The molecule has 19 heavy (non-hydrogen) atoms. The lowest BCUT2D eigenvalue weighted by Crippen LogP contribution is -2.30. The average Bonchev–Trinajstić information content (AvgIpc) is 2.47. The van der Waals surface area contributed by atoms with Gasteiger partial charge in [-0.3, -0.25) is 0 Å². The highest BCUT2D eigenvalue weighted by Crippen LogP contribution is 2.41. The van der Waals surface area contributed by atoms with Crippen molar-refractivity contribution < 1.29 is 14.2 Å². The molecule has 1 atom stereocenters. The van der Waals surface area contributed by atoms with Crippen LogP contribution < -0.4 is 4.74 Å². The largest absolute Gasteiger partial charge is 0.497 e. The third-order valence-corrected chi connectivity index (χ3v) is 4.16. The number of hydrogen-bond donors (Lipinski definition) is 1. The third kappa shape index (κ3) is 2.90. The summed E-state index contributed by atoms with van der Waals surface area (Å²) < 4.78 is 20.2. The molecule has 0 spiro atoms. The molecule has 4 heteroatoms. The molecule has 0 aliphatic heterocycles. The molecule has 1 unspecified atom stereocenters. The van der Waals surface area contributed by atoms with Gasteiger partial charge in [-0.05, 0) is 28.8 Å². The van der Waals surface area contributed by atoms with Crippen molar-refractivity contribution in [1.29, 1.82) is 0 Å². The van der Waals surface area contributed by atoms with Crippen LogP contribution >= 0.6 is 15.9 Å². The quantitative estimate of drug-likeness (QED) is 0.858. The summed E-state index contributed by atoms with van der Waals surface area (Å²) in [5.74, 6) is 0.701. The van der Waals surface area contributed by atoms with Crippen LogP contribution in [0.1, 0.15) is 12.0 Å². The third-order valence-electron chi connectivity index (χ3n) is 3.27. The number of ether oxygens (including phenoxy) is 1. The van der Waals surface area contributed by atoms with Crippen LogP contribution in [0.5, 0.6) is 5.75 Å². The molecule has 0 aromatic heterocycles. The van der Waals surface area contributed by atoms with Crippen LogP contribution in [0.25, 0.3) is 5.57 Å². The van der Waals surface area contributed by atoms with Crippen molar-refractivity contribution in [3.8, 4) is 5.75 Å². The Hall–Kier alpha value is -1.13. The summed E-state index contributed by atoms with van der Waals surface area (Å²) in [6.07, 6.45) is 3.73. The number of methoxy groups -OCH3 is 1. The van der Waals surface area contributed by atoms with Crippen molar-refractivity contribution in [2.75, 3.05) is 19.0 Å². The standard InChI is InChI=1S/C15H16BrFO2/c1-19-13-4-2-3-12(7-13)14-6-5-11(9-18)8-15(14,17)10-16/h2-7,18H,8-10H2,1H3. The zero-order chi connectivity index (χ0) is 13.9. The van der Waals surface area contributed by atoms with Gasteiger partial charge >= 0.3 is 0 Å². The van der Waals surface area contributed by atoms with E-state index in [4.69, 9.17) is 9.84 Å². The lowest BCUT2D eigenvalue weighted by Gasteiger charge is -2.30. The molecule has 0 bridgehead atoms. The predicted molar refractivity (Wildman–Crippen MR) is 78.4 cm³/mol. The van der Waals surface area contributed by atoms with Crippen LogP contribution in [-0.2, 0) is 0 Å². The molecular formula is C15H16BrFO2. The Morgan fingerprint density at radius 3 is 2.84 bits per heavy atom. The molecule has 2 nitrogen and oxygen atoms in total. The summed E-state index contributed by atoms with van der Waals surface area (Å²) in [7, 11) is 1.59. The number of allylic oxidation sites excluding steroid dienone is 3. The summed E-state index contributed by atoms with van der Waals surface area (Å²) in [6, 6.07) is 7.36. The maximum Gasteiger partial charge on any atom is 0.149 e. The minimum Gasteiger partial charge on any atom is -0.497 e. The first-order chi connectivity index (χ1) is 9.12. The maximum absolute atomic E-state index is 15.0. The van der Waals surface area contributed by atoms with Gasteiger partial charge in [0.2, 0.25) is 0 Å². The van der Waals surface area contributed by atoms with E-state index in [-0.39, 0.29) is 18.4 Å². The van der Waals surface area contributed by atoms with E-state index < -0.39 is 5.67 Å². The smallest absolute Gasteiger partial charge is 0.149 e. The Bertz CT molecular complexity index is 525. The molecule has 0 fully saturated rings. The number of halogens is 2.